The van der Waals surface area contributed by atoms with Crippen LogP contribution in [0.5, 0.6) is 5.75 Å². The smallest absolute Gasteiger partial charge is 0.170 e. The zero-order valence-corrected chi connectivity index (χ0v) is 21.4. The molecule has 9 heteroatoms. The highest BCUT2D eigenvalue weighted by molar-refractivity contribution is 6.32. The average molecular weight is 532 g/mol. The summed E-state index contributed by atoms with van der Waals surface area (Å²) in [5.41, 5.74) is 4.81. The van der Waals surface area contributed by atoms with Crippen LogP contribution in [0, 0.1) is 11.7 Å². The van der Waals surface area contributed by atoms with Gasteiger partial charge in [0.1, 0.15) is 0 Å². The molecule has 2 aromatic carbocycles. The first kappa shape index (κ1) is 24.7. The van der Waals surface area contributed by atoms with Gasteiger partial charge in [-0.2, -0.15) is 0 Å². The van der Waals surface area contributed by atoms with Gasteiger partial charge in [-0.15, -0.1) is 0 Å². The van der Waals surface area contributed by atoms with Gasteiger partial charge in [0.25, 0.3) is 0 Å². The third-order valence-corrected chi connectivity index (χ3v) is 7.41. The Labute approximate surface area is 224 Å². The molecule has 1 saturated heterocycles. The molecule has 2 aromatic heterocycles. The SMILES string of the molecule is O=C(c1cnc2ccc(-c3cc(F)c(O)c(Cl)c3)cc2c1Nc1ccc(CN2CCNCC2)nc1)C1CC1. The highest BCUT2D eigenvalue weighted by atomic mass is 35.5. The Balaban J connectivity index is 1.37. The second kappa shape index (κ2) is 10.3. The molecule has 7 nitrogen and oxygen atoms in total. The summed E-state index contributed by atoms with van der Waals surface area (Å²) in [5.74, 6) is -1.30. The summed E-state index contributed by atoms with van der Waals surface area (Å²) >= 11 is 6.04. The van der Waals surface area contributed by atoms with Gasteiger partial charge in [0.05, 0.1) is 39.4 Å². The maximum absolute atomic E-state index is 14.2. The fourth-order valence-corrected chi connectivity index (χ4v) is 5.03. The van der Waals surface area contributed by atoms with Gasteiger partial charge in [-0.1, -0.05) is 17.7 Å². The number of aromatic nitrogens is 2. The van der Waals surface area contributed by atoms with E-state index in [0.29, 0.717) is 27.9 Å². The lowest BCUT2D eigenvalue weighted by molar-refractivity contribution is 0.0968. The van der Waals surface area contributed by atoms with Crippen LogP contribution in [0.15, 0.2) is 54.9 Å². The van der Waals surface area contributed by atoms with Crippen LogP contribution in [-0.2, 0) is 6.54 Å². The number of hydrogen-bond donors (Lipinski definition) is 3. The number of halogens is 2. The van der Waals surface area contributed by atoms with Crippen LogP contribution in [0.1, 0.15) is 28.9 Å². The van der Waals surface area contributed by atoms with Gasteiger partial charge >= 0.3 is 0 Å². The number of carbonyl (C=O) groups excluding carboxylic acids is 1. The number of phenolic OH excluding ortho intramolecular Hbond substituents is 1. The zero-order chi connectivity index (χ0) is 26.2. The first-order chi connectivity index (χ1) is 18.5. The third-order valence-electron chi connectivity index (χ3n) is 7.12. The molecule has 2 aliphatic rings. The number of ketones is 1. The highest BCUT2D eigenvalue weighted by Gasteiger charge is 2.32. The van der Waals surface area contributed by atoms with Crippen molar-refractivity contribution < 1.29 is 14.3 Å². The molecule has 1 saturated carbocycles. The minimum atomic E-state index is -0.797. The fraction of sp³-hybridized carbons (Fsp3) is 0.276. The molecular weight excluding hydrogens is 505 g/mol. The number of nitrogens with zero attached hydrogens (tertiary/aromatic N) is 3. The molecule has 1 aliphatic carbocycles. The number of hydrogen-bond acceptors (Lipinski definition) is 7. The van der Waals surface area contributed by atoms with Gasteiger partial charge in [-0.25, -0.2) is 4.39 Å². The molecule has 0 radical (unpaired) electrons. The van der Waals surface area contributed by atoms with Crippen molar-refractivity contribution in [3.05, 3.63) is 77.0 Å². The number of aromatic hydroxyl groups is 1. The summed E-state index contributed by atoms with van der Waals surface area (Å²) in [7, 11) is 0. The van der Waals surface area contributed by atoms with Crippen molar-refractivity contribution in [1.29, 1.82) is 0 Å². The summed E-state index contributed by atoms with van der Waals surface area (Å²) in [5, 5.41) is 17.2. The molecule has 1 aliphatic heterocycles. The van der Waals surface area contributed by atoms with Gasteiger partial charge in [0.15, 0.2) is 17.3 Å². The van der Waals surface area contributed by atoms with E-state index in [1.54, 1.807) is 12.4 Å². The average Bonchev–Trinajstić information content (AvgIpc) is 3.78. The van der Waals surface area contributed by atoms with Crippen LogP contribution in [-0.4, -0.2) is 51.9 Å². The Morgan fingerprint density at radius 2 is 1.89 bits per heavy atom. The van der Waals surface area contributed by atoms with Crippen molar-refractivity contribution in [3.63, 3.8) is 0 Å². The van der Waals surface area contributed by atoms with Crippen molar-refractivity contribution in [3.8, 4) is 16.9 Å². The molecule has 194 valence electrons. The molecule has 0 amide bonds. The number of anilines is 2. The van der Waals surface area contributed by atoms with Crippen molar-refractivity contribution in [2.24, 2.45) is 5.92 Å². The van der Waals surface area contributed by atoms with Crippen LogP contribution in [0.25, 0.3) is 22.0 Å². The molecule has 3 N–H and O–H groups in total. The summed E-state index contributed by atoms with van der Waals surface area (Å²) < 4.78 is 14.2. The predicted octanol–water partition coefficient (Wildman–Crippen LogP) is 5.54. The van der Waals surface area contributed by atoms with E-state index in [1.807, 2.05) is 30.3 Å². The second-order valence-corrected chi connectivity index (χ2v) is 10.3. The second-order valence-electron chi connectivity index (χ2n) is 9.90. The number of Topliss-reactive ketones (excluding diaryl/α,β-unsaturated/α-hetero) is 1. The lowest BCUT2D eigenvalue weighted by Crippen LogP contribution is -2.43. The Morgan fingerprint density at radius 1 is 1.08 bits per heavy atom. The lowest BCUT2D eigenvalue weighted by Gasteiger charge is -2.26. The summed E-state index contributed by atoms with van der Waals surface area (Å²) in [4.78, 5) is 24.8. The monoisotopic (exact) mass is 531 g/mol. The summed E-state index contributed by atoms with van der Waals surface area (Å²) in [6, 6.07) is 12.2. The van der Waals surface area contributed by atoms with Crippen LogP contribution in [0.2, 0.25) is 5.02 Å². The van der Waals surface area contributed by atoms with E-state index >= 15 is 0 Å². The molecule has 0 bridgehead atoms. The first-order valence-corrected chi connectivity index (χ1v) is 13.1. The number of fused-ring (bicyclic) bond motifs is 1. The Hall–Kier alpha value is -3.59. The molecule has 0 unspecified atom stereocenters. The van der Waals surface area contributed by atoms with E-state index in [-0.39, 0.29) is 16.7 Å². The summed E-state index contributed by atoms with van der Waals surface area (Å²) in [6.07, 6.45) is 5.18. The maximum Gasteiger partial charge on any atom is 0.170 e. The van der Waals surface area contributed by atoms with Gasteiger partial charge in [0.2, 0.25) is 0 Å². The third kappa shape index (κ3) is 5.07. The number of phenols is 1. The van der Waals surface area contributed by atoms with Crippen LogP contribution in [0.3, 0.4) is 0 Å². The van der Waals surface area contributed by atoms with E-state index < -0.39 is 11.6 Å². The van der Waals surface area contributed by atoms with Crippen LogP contribution >= 0.6 is 11.6 Å². The van der Waals surface area contributed by atoms with Crippen molar-refractivity contribution in [2.75, 3.05) is 31.5 Å². The minimum Gasteiger partial charge on any atom is -0.504 e. The number of carbonyl (C=O) groups is 1. The van der Waals surface area contributed by atoms with E-state index in [4.69, 9.17) is 11.6 Å². The molecule has 3 heterocycles. The Morgan fingerprint density at radius 3 is 2.61 bits per heavy atom. The molecule has 4 aromatic rings. The molecule has 2 fully saturated rings. The van der Waals surface area contributed by atoms with E-state index in [2.05, 4.69) is 25.5 Å². The zero-order valence-electron chi connectivity index (χ0n) is 20.7. The quantitative estimate of drug-likeness (QED) is 0.270. The van der Waals surface area contributed by atoms with Crippen molar-refractivity contribution in [1.82, 2.24) is 20.2 Å². The minimum absolute atomic E-state index is 0.0162. The summed E-state index contributed by atoms with van der Waals surface area (Å²) in [6.45, 7) is 4.75. The molecule has 6 rings (SSSR count). The normalized spacial score (nSPS) is 16.1. The molecule has 0 spiro atoms. The van der Waals surface area contributed by atoms with Gasteiger partial charge < -0.3 is 15.7 Å². The number of piperazine rings is 1. The van der Waals surface area contributed by atoms with Gasteiger partial charge in [0, 0.05) is 50.2 Å². The number of pyridine rings is 2. The van der Waals surface area contributed by atoms with Crippen LogP contribution < -0.4 is 10.6 Å². The van der Waals surface area contributed by atoms with Crippen LogP contribution in [0.4, 0.5) is 15.8 Å². The van der Waals surface area contributed by atoms with Crippen molar-refractivity contribution >= 4 is 39.7 Å². The van der Waals surface area contributed by atoms with E-state index in [1.165, 1.54) is 12.1 Å². The number of rotatable bonds is 7. The molecule has 0 atom stereocenters. The number of nitrogens with one attached hydrogen (secondary N) is 2. The standard InChI is InChI=1S/C29H27ClFN5O2/c30-24-12-19(13-25(31)29(24)38)18-3-6-26-22(11-18)27(23(15-34-26)28(37)17-1-2-17)35-20-4-5-21(33-14-20)16-36-9-7-32-8-10-36/h3-6,11-15,17,32,38H,1-2,7-10,16H2,(H,34,35). The van der Waals surface area contributed by atoms with Gasteiger partial charge in [-0.3, -0.25) is 19.7 Å². The topological polar surface area (TPSA) is 90.4 Å². The highest BCUT2D eigenvalue weighted by Crippen LogP contribution is 2.39. The van der Waals surface area contributed by atoms with E-state index in [0.717, 1.165) is 62.3 Å². The molecule has 38 heavy (non-hydrogen) atoms. The van der Waals surface area contributed by atoms with Crippen molar-refractivity contribution in [2.45, 2.75) is 19.4 Å². The number of benzene rings is 2. The predicted molar refractivity (Wildman–Crippen MR) is 147 cm³/mol. The largest absolute Gasteiger partial charge is 0.504 e. The maximum atomic E-state index is 14.2. The Bertz CT molecular complexity index is 1490. The lowest BCUT2D eigenvalue weighted by atomic mass is 9.98. The molecular formula is C29H27ClFN5O2. The van der Waals surface area contributed by atoms with Gasteiger partial charge in [-0.05, 0) is 60.4 Å². The van der Waals surface area contributed by atoms with E-state index in [9.17, 15) is 14.3 Å². The Kier molecular flexibility index (Phi) is 6.69. The fourth-order valence-electron chi connectivity index (χ4n) is 4.83. The first-order valence-electron chi connectivity index (χ1n) is 12.8.